The Morgan fingerprint density at radius 2 is 1.88 bits per heavy atom. The van der Waals surface area contributed by atoms with E-state index >= 15 is 0 Å². The number of nitrogens with one attached hydrogen (secondary N) is 1. The van der Waals surface area contributed by atoms with Gasteiger partial charge in [-0.3, -0.25) is 14.9 Å². The maximum Gasteiger partial charge on any atom is 0.272 e. The van der Waals surface area contributed by atoms with Gasteiger partial charge in [0.15, 0.2) is 5.17 Å². The van der Waals surface area contributed by atoms with Crippen LogP contribution in [0.2, 0.25) is 0 Å². The van der Waals surface area contributed by atoms with Crippen molar-refractivity contribution in [3.8, 4) is 0 Å². The fourth-order valence-electron chi connectivity index (χ4n) is 2.51. The highest BCUT2D eigenvalue weighted by atomic mass is 32.2. The molecule has 1 heterocycles. The molecule has 2 aromatic carbocycles. The standard InChI is InChI=1S/C18H16N4O3S/c1-12(13-7-3-2-4-8-13)20-21-18-19-17(23)16(26-18)11-14-9-5-6-10-15(14)22(24)25/h2-10,16H,11H2,1H3,(H,19,21,23)/b20-12-/t16-/m0/s1. The van der Waals surface area contributed by atoms with Crippen molar-refractivity contribution in [1.82, 2.24) is 5.32 Å². The molecule has 1 saturated heterocycles. The minimum atomic E-state index is -0.470. The van der Waals surface area contributed by atoms with Crippen molar-refractivity contribution in [2.45, 2.75) is 18.6 Å². The SMILES string of the molecule is C/C(=N/N=C1\NC(=O)[C@H](Cc2ccccc2[N+](=O)[O-])S1)c1ccccc1. The van der Waals surface area contributed by atoms with Gasteiger partial charge in [-0.1, -0.05) is 60.3 Å². The van der Waals surface area contributed by atoms with Crippen molar-refractivity contribution in [2.75, 3.05) is 0 Å². The Morgan fingerprint density at radius 3 is 2.62 bits per heavy atom. The number of carbonyl (C=O) groups excluding carboxylic acids is 1. The van der Waals surface area contributed by atoms with E-state index in [9.17, 15) is 14.9 Å². The minimum Gasteiger partial charge on any atom is -0.303 e. The number of nitro benzene ring substituents is 1. The molecule has 8 heteroatoms. The van der Waals surface area contributed by atoms with E-state index in [-0.39, 0.29) is 18.0 Å². The van der Waals surface area contributed by atoms with Crippen molar-refractivity contribution >= 4 is 34.2 Å². The van der Waals surface area contributed by atoms with E-state index in [1.807, 2.05) is 37.3 Å². The molecule has 1 atom stereocenters. The Morgan fingerprint density at radius 1 is 1.19 bits per heavy atom. The highest BCUT2D eigenvalue weighted by molar-refractivity contribution is 8.15. The van der Waals surface area contributed by atoms with E-state index in [1.54, 1.807) is 18.2 Å². The van der Waals surface area contributed by atoms with E-state index in [0.29, 0.717) is 10.7 Å². The molecule has 3 rings (SSSR count). The topological polar surface area (TPSA) is 97.0 Å². The molecule has 0 saturated carbocycles. The maximum atomic E-state index is 12.2. The molecular weight excluding hydrogens is 352 g/mol. The quantitative estimate of drug-likeness (QED) is 0.498. The summed E-state index contributed by atoms with van der Waals surface area (Å²) in [6.45, 7) is 1.84. The van der Waals surface area contributed by atoms with Gasteiger partial charge in [-0.2, -0.15) is 5.10 Å². The number of amides is 1. The van der Waals surface area contributed by atoms with Crippen LogP contribution in [0.15, 0.2) is 64.8 Å². The lowest BCUT2D eigenvalue weighted by atomic mass is 10.1. The summed E-state index contributed by atoms with van der Waals surface area (Å²) >= 11 is 1.23. The van der Waals surface area contributed by atoms with Crippen LogP contribution in [0.4, 0.5) is 5.69 Å². The molecule has 1 aliphatic heterocycles. The third-order valence-corrected chi connectivity index (χ3v) is 4.92. The van der Waals surface area contributed by atoms with E-state index < -0.39 is 10.2 Å². The zero-order valence-electron chi connectivity index (χ0n) is 14.0. The van der Waals surface area contributed by atoms with Crippen LogP contribution in [0.5, 0.6) is 0 Å². The molecule has 0 radical (unpaired) electrons. The van der Waals surface area contributed by atoms with Gasteiger partial charge in [0.1, 0.15) is 0 Å². The number of hydrogen-bond donors (Lipinski definition) is 1. The van der Waals surface area contributed by atoms with Gasteiger partial charge in [0.05, 0.1) is 15.9 Å². The Bertz CT molecular complexity index is 896. The number of benzene rings is 2. The number of rotatable bonds is 5. The van der Waals surface area contributed by atoms with Crippen LogP contribution in [0.25, 0.3) is 0 Å². The summed E-state index contributed by atoms with van der Waals surface area (Å²) in [7, 11) is 0. The van der Waals surface area contributed by atoms with Gasteiger partial charge in [-0.15, -0.1) is 5.10 Å². The van der Waals surface area contributed by atoms with E-state index in [1.165, 1.54) is 17.8 Å². The number of thioether (sulfide) groups is 1. The van der Waals surface area contributed by atoms with Crippen molar-refractivity contribution in [3.05, 3.63) is 75.8 Å². The third kappa shape index (κ3) is 4.15. The molecule has 0 spiro atoms. The van der Waals surface area contributed by atoms with E-state index in [0.717, 1.165) is 11.3 Å². The van der Waals surface area contributed by atoms with Crippen LogP contribution in [-0.2, 0) is 11.2 Å². The third-order valence-electron chi connectivity index (χ3n) is 3.85. The summed E-state index contributed by atoms with van der Waals surface area (Å²) in [5.74, 6) is -0.223. The normalized spacial score (nSPS) is 18.8. The van der Waals surface area contributed by atoms with Gasteiger partial charge in [-0.05, 0) is 12.5 Å². The van der Waals surface area contributed by atoms with Gasteiger partial charge in [0.25, 0.3) is 5.69 Å². The first kappa shape index (κ1) is 17.8. The number of hydrogen-bond acceptors (Lipinski definition) is 6. The van der Waals surface area contributed by atoms with Crippen LogP contribution in [0, 0.1) is 10.1 Å². The monoisotopic (exact) mass is 368 g/mol. The van der Waals surface area contributed by atoms with Crippen LogP contribution < -0.4 is 5.32 Å². The number of carbonyl (C=O) groups is 1. The van der Waals surface area contributed by atoms with Gasteiger partial charge in [-0.25, -0.2) is 0 Å². The lowest BCUT2D eigenvalue weighted by molar-refractivity contribution is -0.385. The lowest BCUT2D eigenvalue weighted by Gasteiger charge is -2.05. The molecule has 1 aliphatic rings. The summed E-state index contributed by atoms with van der Waals surface area (Å²) in [5.41, 5.74) is 2.22. The molecular formula is C18H16N4O3S. The second-order valence-corrected chi connectivity index (χ2v) is 6.83. The molecule has 1 fully saturated rings. The fraction of sp³-hybridized carbons (Fsp3) is 0.167. The summed E-state index contributed by atoms with van der Waals surface area (Å²) in [5, 5.41) is 22.0. The Kier molecular flexibility index (Phi) is 5.43. The van der Waals surface area contributed by atoms with Gasteiger partial charge < -0.3 is 5.32 Å². The molecule has 26 heavy (non-hydrogen) atoms. The summed E-state index contributed by atoms with van der Waals surface area (Å²) in [6.07, 6.45) is 0.258. The van der Waals surface area contributed by atoms with Gasteiger partial charge in [0.2, 0.25) is 5.91 Å². The summed E-state index contributed by atoms with van der Waals surface area (Å²) < 4.78 is 0. The average Bonchev–Trinajstić information content (AvgIpc) is 3.00. The van der Waals surface area contributed by atoms with E-state index in [2.05, 4.69) is 15.5 Å². The zero-order valence-corrected chi connectivity index (χ0v) is 14.8. The van der Waals surface area contributed by atoms with Crippen molar-refractivity contribution in [2.24, 2.45) is 10.2 Å². The molecule has 7 nitrogen and oxygen atoms in total. The van der Waals surface area contributed by atoms with Crippen molar-refractivity contribution in [1.29, 1.82) is 0 Å². The highest BCUT2D eigenvalue weighted by Gasteiger charge is 2.32. The molecule has 1 amide bonds. The molecule has 132 valence electrons. The number of nitrogens with zero attached hydrogens (tertiary/aromatic N) is 3. The van der Waals surface area contributed by atoms with Crippen LogP contribution in [0.1, 0.15) is 18.1 Å². The second kappa shape index (κ2) is 7.92. The number of para-hydroxylation sites is 1. The first-order valence-electron chi connectivity index (χ1n) is 7.92. The Labute approximate surface area is 154 Å². The molecule has 0 aromatic heterocycles. The molecule has 1 N–H and O–H groups in total. The maximum absolute atomic E-state index is 12.2. The first-order valence-corrected chi connectivity index (χ1v) is 8.80. The summed E-state index contributed by atoms with van der Waals surface area (Å²) in [6, 6.07) is 16.0. The number of nitro groups is 1. The van der Waals surface area contributed by atoms with Crippen molar-refractivity contribution in [3.63, 3.8) is 0 Å². The van der Waals surface area contributed by atoms with Crippen LogP contribution in [-0.4, -0.2) is 27.0 Å². The molecule has 0 bridgehead atoms. The Balaban J connectivity index is 1.72. The molecule has 0 unspecified atom stereocenters. The number of amidine groups is 1. The zero-order chi connectivity index (χ0) is 18.5. The largest absolute Gasteiger partial charge is 0.303 e. The fourth-order valence-corrected chi connectivity index (χ4v) is 3.45. The smallest absolute Gasteiger partial charge is 0.272 e. The average molecular weight is 368 g/mol. The first-order chi connectivity index (χ1) is 12.5. The molecule has 0 aliphatic carbocycles. The van der Waals surface area contributed by atoms with E-state index in [4.69, 9.17) is 0 Å². The highest BCUT2D eigenvalue weighted by Crippen LogP contribution is 2.27. The minimum absolute atomic E-state index is 0.0178. The van der Waals surface area contributed by atoms with Gasteiger partial charge in [0, 0.05) is 18.1 Å². The Hall–Kier alpha value is -3.00. The lowest BCUT2D eigenvalue weighted by Crippen LogP contribution is -2.26. The van der Waals surface area contributed by atoms with Gasteiger partial charge >= 0.3 is 0 Å². The predicted molar refractivity (Wildman–Crippen MR) is 102 cm³/mol. The second-order valence-electron chi connectivity index (χ2n) is 5.64. The summed E-state index contributed by atoms with van der Waals surface area (Å²) in [4.78, 5) is 22.8. The van der Waals surface area contributed by atoms with Crippen LogP contribution >= 0.6 is 11.8 Å². The van der Waals surface area contributed by atoms with Crippen molar-refractivity contribution < 1.29 is 9.72 Å². The predicted octanol–water partition coefficient (Wildman–Crippen LogP) is 3.15. The molecule has 2 aromatic rings. The van der Waals surface area contributed by atoms with Crippen LogP contribution in [0.3, 0.4) is 0 Å².